The zero-order valence-corrected chi connectivity index (χ0v) is 14.1. The van der Waals surface area contributed by atoms with Crippen molar-refractivity contribution >= 4 is 15.9 Å². The molecule has 2 nitrogen and oxygen atoms in total. The lowest BCUT2D eigenvalue weighted by atomic mass is 9.33. The maximum absolute atomic E-state index is 9.23. The molecule has 2 bridgehead atoms. The molecule has 4 fully saturated rings. The molecule has 1 aromatic carbocycles. The third-order valence-electron chi connectivity index (χ3n) is 6.12. The van der Waals surface area contributed by atoms with E-state index in [1.807, 2.05) is 0 Å². The molecule has 0 amide bonds. The van der Waals surface area contributed by atoms with E-state index in [1.54, 1.807) is 5.56 Å². The van der Waals surface area contributed by atoms with Gasteiger partial charge in [0.2, 0.25) is 0 Å². The lowest BCUT2D eigenvalue weighted by Crippen LogP contribution is -2.68. The summed E-state index contributed by atoms with van der Waals surface area (Å²) in [5, 5.41) is 9.23. The van der Waals surface area contributed by atoms with Crippen molar-refractivity contribution in [3.05, 3.63) is 34.3 Å². The van der Waals surface area contributed by atoms with Crippen LogP contribution in [0.25, 0.3) is 0 Å². The standard InChI is InChI=1S/C18H24BrNO/c19-16-3-1-15(2-4-16)18-10-17(11-18,12-18)13-20-7-5-14(9-21)6-8-20/h1-4,14,21H,5-13H2. The van der Waals surface area contributed by atoms with Crippen LogP contribution in [0.3, 0.4) is 0 Å². The maximum atomic E-state index is 9.23. The Morgan fingerprint density at radius 2 is 1.71 bits per heavy atom. The number of benzene rings is 1. The van der Waals surface area contributed by atoms with Crippen LogP contribution >= 0.6 is 15.9 Å². The minimum Gasteiger partial charge on any atom is -0.396 e. The molecule has 5 rings (SSSR count). The van der Waals surface area contributed by atoms with E-state index in [-0.39, 0.29) is 0 Å². The fraction of sp³-hybridized carbons (Fsp3) is 0.667. The molecule has 3 heteroatoms. The van der Waals surface area contributed by atoms with Gasteiger partial charge >= 0.3 is 0 Å². The van der Waals surface area contributed by atoms with Gasteiger partial charge in [-0.3, -0.25) is 0 Å². The summed E-state index contributed by atoms with van der Waals surface area (Å²) in [5.74, 6) is 0.559. The van der Waals surface area contributed by atoms with E-state index >= 15 is 0 Å². The van der Waals surface area contributed by atoms with E-state index < -0.39 is 0 Å². The summed E-state index contributed by atoms with van der Waals surface area (Å²) < 4.78 is 1.18. The van der Waals surface area contributed by atoms with E-state index in [9.17, 15) is 5.11 Å². The van der Waals surface area contributed by atoms with Gasteiger partial charge in [0.05, 0.1) is 0 Å². The molecule has 3 saturated carbocycles. The molecule has 0 spiro atoms. The first kappa shape index (κ1) is 14.2. The van der Waals surface area contributed by atoms with Crippen LogP contribution in [0, 0.1) is 11.3 Å². The Balaban J connectivity index is 1.32. The largest absolute Gasteiger partial charge is 0.396 e. The summed E-state index contributed by atoms with van der Waals surface area (Å²) in [4.78, 5) is 2.65. The van der Waals surface area contributed by atoms with Crippen LogP contribution in [0.1, 0.15) is 37.7 Å². The van der Waals surface area contributed by atoms with Crippen molar-refractivity contribution in [3.8, 4) is 0 Å². The number of hydrogen-bond acceptors (Lipinski definition) is 2. The van der Waals surface area contributed by atoms with Crippen molar-refractivity contribution in [1.82, 2.24) is 4.90 Å². The van der Waals surface area contributed by atoms with Crippen LogP contribution in [0.2, 0.25) is 0 Å². The summed E-state index contributed by atoms with van der Waals surface area (Å²) in [6.45, 7) is 4.06. The second-order valence-electron chi connectivity index (χ2n) is 7.72. The molecule has 1 aromatic rings. The van der Waals surface area contributed by atoms with Crippen molar-refractivity contribution < 1.29 is 5.11 Å². The van der Waals surface area contributed by atoms with Gasteiger partial charge in [0.15, 0.2) is 0 Å². The Morgan fingerprint density at radius 1 is 1.10 bits per heavy atom. The summed E-state index contributed by atoms with van der Waals surface area (Å²) >= 11 is 3.53. The molecule has 114 valence electrons. The highest BCUT2D eigenvalue weighted by atomic mass is 79.9. The minimum atomic E-state index is 0.381. The fourth-order valence-electron chi connectivity index (χ4n) is 5.08. The van der Waals surface area contributed by atoms with Crippen LogP contribution < -0.4 is 0 Å². The van der Waals surface area contributed by atoms with Gasteiger partial charge in [0, 0.05) is 17.6 Å². The van der Waals surface area contributed by atoms with E-state index in [0.29, 0.717) is 23.4 Å². The monoisotopic (exact) mass is 349 g/mol. The van der Waals surface area contributed by atoms with E-state index in [1.165, 1.54) is 56.2 Å². The number of aliphatic hydroxyl groups is 1. The van der Waals surface area contributed by atoms with Gasteiger partial charge in [-0.05, 0) is 79.6 Å². The number of aliphatic hydroxyl groups excluding tert-OH is 1. The highest BCUT2D eigenvalue weighted by molar-refractivity contribution is 9.10. The summed E-state index contributed by atoms with van der Waals surface area (Å²) in [7, 11) is 0. The van der Waals surface area contributed by atoms with Gasteiger partial charge in [0.25, 0.3) is 0 Å². The Labute approximate surface area is 135 Å². The number of piperidine rings is 1. The molecule has 21 heavy (non-hydrogen) atoms. The quantitative estimate of drug-likeness (QED) is 0.897. The maximum Gasteiger partial charge on any atom is 0.0460 e. The van der Waals surface area contributed by atoms with Crippen LogP contribution in [-0.4, -0.2) is 36.2 Å². The number of likely N-dealkylation sites (tertiary alicyclic amines) is 1. The molecule has 0 aromatic heterocycles. The first-order valence-electron chi connectivity index (χ1n) is 8.22. The minimum absolute atomic E-state index is 0.381. The summed E-state index contributed by atoms with van der Waals surface area (Å²) in [6, 6.07) is 8.98. The molecule has 0 unspecified atom stereocenters. The third kappa shape index (κ3) is 2.38. The lowest BCUT2D eigenvalue weighted by molar-refractivity contribution is -0.158. The Hall–Kier alpha value is -0.380. The Bertz CT molecular complexity index is 499. The predicted octanol–water partition coefficient (Wildman–Crippen LogP) is 3.58. The van der Waals surface area contributed by atoms with Crippen molar-refractivity contribution in [3.63, 3.8) is 0 Å². The van der Waals surface area contributed by atoms with Gasteiger partial charge in [0.1, 0.15) is 0 Å². The summed E-state index contributed by atoms with van der Waals surface area (Å²) in [6.07, 6.45) is 6.54. The van der Waals surface area contributed by atoms with Crippen LogP contribution in [-0.2, 0) is 5.41 Å². The SMILES string of the molecule is OCC1CCN(CC23CC(c4ccc(Br)cc4)(C2)C3)CC1. The average molecular weight is 350 g/mol. The topological polar surface area (TPSA) is 23.5 Å². The molecule has 0 radical (unpaired) electrons. The highest BCUT2D eigenvalue weighted by Crippen LogP contribution is 2.73. The zero-order valence-electron chi connectivity index (χ0n) is 12.5. The number of halogens is 1. The number of hydrogen-bond donors (Lipinski definition) is 1. The Kier molecular flexibility index (Phi) is 3.44. The second-order valence-corrected chi connectivity index (χ2v) is 8.64. The molecule has 0 atom stereocenters. The molecular weight excluding hydrogens is 326 g/mol. The molecule has 1 heterocycles. The Morgan fingerprint density at radius 3 is 2.29 bits per heavy atom. The van der Waals surface area contributed by atoms with E-state index in [0.717, 1.165) is 0 Å². The molecule has 4 aliphatic rings. The summed E-state index contributed by atoms with van der Waals surface area (Å²) in [5.41, 5.74) is 2.69. The van der Waals surface area contributed by atoms with Gasteiger partial charge in [-0.25, -0.2) is 0 Å². The third-order valence-corrected chi connectivity index (χ3v) is 6.65. The number of nitrogens with zero attached hydrogens (tertiary/aromatic N) is 1. The smallest absolute Gasteiger partial charge is 0.0460 e. The van der Waals surface area contributed by atoms with Gasteiger partial charge in [-0.15, -0.1) is 0 Å². The molecule has 3 aliphatic carbocycles. The molecular formula is C18H24BrNO. The molecule has 1 saturated heterocycles. The fourth-order valence-corrected chi connectivity index (χ4v) is 5.34. The van der Waals surface area contributed by atoms with Crippen LogP contribution in [0.15, 0.2) is 28.7 Å². The van der Waals surface area contributed by atoms with Gasteiger partial charge in [-0.1, -0.05) is 28.1 Å². The van der Waals surface area contributed by atoms with Crippen molar-refractivity contribution in [2.75, 3.05) is 26.2 Å². The zero-order chi connectivity index (χ0) is 14.5. The van der Waals surface area contributed by atoms with Crippen LogP contribution in [0.5, 0.6) is 0 Å². The van der Waals surface area contributed by atoms with Gasteiger partial charge < -0.3 is 10.0 Å². The van der Waals surface area contributed by atoms with E-state index in [4.69, 9.17) is 0 Å². The first-order valence-corrected chi connectivity index (χ1v) is 9.02. The van der Waals surface area contributed by atoms with Crippen molar-refractivity contribution in [2.45, 2.75) is 37.5 Å². The van der Waals surface area contributed by atoms with Gasteiger partial charge in [-0.2, -0.15) is 0 Å². The molecule has 1 aliphatic heterocycles. The first-order chi connectivity index (χ1) is 10.1. The normalized spacial score (nSPS) is 36.1. The average Bonchev–Trinajstić information content (AvgIpc) is 2.43. The van der Waals surface area contributed by atoms with Crippen LogP contribution in [0.4, 0.5) is 0 Å². The second kappa shape index (κ2) is 5.07. The van der Waals surface area contributed by atoms with E-state index in [2.05, 4.69) is 45.1 Å². The molecule has 1 N–H and O–H groups in total. The van der Waals surface area contributed by atoms with Crippen molar-refractivity contribution in [1.29, 1.82) is 0 Å². The highest BCUT2D eigenvalue weighted by Gasteiger charge is 2.68. The van der Waals surface area contributed by atoms with Crippen molar-refractivity contribution in [2.24, 2.45) is 11.3 Å². The lowest BCUT2D eigenvalue weighted by Gasteiger charge is -2.72. The predicted molar refractivity (Wildman–Crippen MR) is 88.4 cm³/mol. The number of rotatable bonds is 4.